The molecule has 3 saturated carbocycles. The number of halogens is 1. The van der Waals surface area contributed by atoms with Gasteiger partial charge in [-0.05, 0) is 137 Å². The second kappa shape index (κ2) is 15.1. The first-order valence-corrected chi connectivity index (χ1v) is 15.5. The highest BCUT2D eigenvalue weighted by Gasteiger charge is 2.32. The van der Waals surface area contributed by atoms with Gasteiger partial charge in [0.05, 0.1) is 24.9 Å². The van der Waals surface area contributed by atoms with Gasteiger partial charge in [0.1, 0.15) is 12.4 Å². The van der Waals surface area contributed by atoms with Crippen molar-refractivity contribution in [1.82, 2.24) is 0 Å². The maximum absolute atomic E-state index is 15.3. The number of carbonyl (C=O) groups excluding carboxylic acids is 1. The molecule has 0 heterocycles. The Kier molecular flexibility index (Phi) is 11.6. The Bertz CT molecular complexity index is 935. The van der Waals surface area contributed by atoms with Crippen molar-refractivity contribution in [1.29, 1.82) is 0 Å². The third-order valence-electron chi connectivity index (χ3n) is 9.87. The molecule has 0 atom stereocenters. The van der Waals surface area contributed by atoms with Gasteiger partial charge in [-0.2, -0.15) is 0 Å². The van der Waals surface area contributed by atoms with E-state index in [4.69, 9.17) is 14.6 Å². The van der Waals surface area contributed by atoms with Gasteiger partial charge in [0, 0.05) is 0 Å². The summed E-state index contributed by atoms with van der Waals surface area (Å²) in [7, 11) is 0. The van der Waals surface area contributed by atoms with Gasteiger partial charge in [-0.3, -0.25) is 0 Å². The Balaban J connectivity index is 1.15. The van der Waals surface area contributed by atoms with E-state index < -0.39 is 5.97 Å². The van der Waals surface area contributed by atoms with Gasteiger partial charge < -0.3 is 14.6 Å². The molecular formula is C34H49FO4. The summed E-state index contributed by atoms with van der Waals surface area (Å²) in [5.41, 5.74) is 2.22. The molecule has 0 aliphatic heterocycles. The number of rotatable bonds is 12. The Morgan fingerprint density at radius 2 is 1.56 bits per heavy atom. The number of ether oxygens (including phenoxy) is 2. The average Bonchev–Trinajstić information content (AvgIpc) is 2.98. The Morgan fingerprint density at radius 1 is 0.923 bits per heavy atom. The summed E-state index contributed by atoms with van der Waals surface area (Å²) in [5.74, 6) is 2.63. The molecule has 3 fully saturated rings. The van der Waals surface area contributed by atoms with E-state index in [0.717, 1.165) is 55.4 Å². The molecule has 3 aliphatic rings. The first-order chi connectivity index (χ1) is 19.0. The van der Waals surface area contributed by atoms with E-state index in [0.29, 0.717) is 18.4 Å². The van der Waals surface area contributed by atoms with Crippen LogP contribution in [0.25, 0.3) is 0 Å². The SMILES string of the molecule is C=CCCC1CCC(c2ccc(C3CCC(C4CCC(OCCOC(=O)C(=C)CO)CC4)CC3)c(F)c2)CC1. The van der Waals surface area contributed by atoms with Crippen LogP contribution in [0.2, 0.25) is 0 Å². The monoisotopic (exact) mass is 540 g/mol. The van der Waals surface area contributed by atoms with Crippen molar-refractivity contribution in [3.63, 3.8) is 0 Å². The first-order valence-electron chi connectivity index (χ1n) is 15.5. The van der Waals surface area contributed by atoms with Crippen LogP contribution in [0, 0.1) is 23.6 Å². The summed E-state index contributed by atoms with van der Waals surface area (Å²) in [6.45, 7) is 7.50. The minimum atomic E-state index is -0.561. The third kappa shape index (κ3) is 8.50. The number of aliphatic hydroxyl groups is 1. The Hall–Kier alpha value is -1.98. The fourth-order valence-electron chi connectivity index (χ4n) is 7.41. The smallest absolute Gasteiger partial charge is 0.335 e. The average molecular weight is 541 g/mol. The minimum Gasteiger partial charge on any atom is -0.460 e. The van der Waals surface area contributed by atoms with Gasteiger partial charge >= 0.3 is 5.97 Å². The van der Waals surface area contributed by atoms with E-state index >= 15 is 4.39 Å². The van der Waals surface area contributed by atoms with Crippen molar-refractivity contribution in [2.75, 3.05) is 19.8 Å². The van der Waals surface area contributed by atoms with E-state index in [1.54, 1.807) is 0 Å². The minimum absolute atomic E-state index is 0.0220. The van der Waals surface area contributed by atoms with Gasteiger partial charge in [0.2, 0.25) is 0 Å². The Morgan fingerprint density at radius 3 is 2.18 bits per heavy atom. The molecule has 0 bridgehead atoms. The lowest BCUT2D eigenvalue weighted by molar-refractivity contribution is -0.142. The topological polar surface area (TPSA) is 55.8 Å². The molecule has 1 aromatic carbocycles. The predicted molar refractivity (Wildman–Crippen MR) is 154 cm³/mol. The lowest BCUT2D eigenvalue weighted by Gasteiger charge is -2.38. The number of benzene rings is 1. The maximum atomic E-state index is 15.3. The van der Waals surface area contributed by atoms with Crippen molar-refractivity contribution < 1.29 is 23.8 Å². The van der Waals surface area contributed by atoms with Crippen molar-refractivity contribution >= 4 is 5.97 Å². The van der Waals surface area contributed by atoms with Gasteiger partial charge in [0.25, 0.3) is 0 Å². The summed E-state index contributed by atoms with van der Waals surface area (Å²) >= 11 is 0. The Labute approximate surface area is 235 Å². The number of hydrogen-bond donors (Lipinski definition) is 1. The van der Waals surface area contributed by atoms with Crippen LogP contribution in [-0.4, -0.2) is 37.0 Å². The highest BCUT2D eigenvalue weighted by molar-refractivity contribution is 5.87. The second-order valence-electron chi connectivity index (χ2n) is 12.3. The molecule has 1 N–H and O–H groups in total. The second-order valence-corrected chi connectivity index (χ2v) is 12.3. The van der Waals surface area contributed by atoms with Crippen LogP contribution in [0.15, 0.2) is 43.0 Å². The van der Waals surface area contributed by atoms with Crippen LogP contribution in [0.4, 0.5) is 4.39 Å². The zero-order valence-corrected chi connectivity index (χ0v) is 23.8. The summed E-state index contributed by atoms with van der Waals surface area (Å²) in [4.78, 5) is 11.5. The molecule has 4 nitrogen and oxygen atoms in total. The first kappa shape index (κ1) is 30.0. The van der Waals surface area contributed by atoms with E-state index in [-0.39, 0.29) is 30.7 Å². The molecule has 5 heteroatoms. The van der Waals surface area contributed by atoms with Crippen LogP contribution in [0.1, 0.15) is 113 Å². The molecule has 39 heavy (non-hydrogen) atoms. The highest BCUT2D eigenvalue weighted by Crippen LogP contribution is 2.44. The quantitative estimate of drug-likeness (QED) is 0.126. The van der Waals surface area contributed by atoms with Crippen LogP contribution >= 0.6 is 0 Å². The van der Waals surface area contributed by atoms with Crippen LogP contribution < -0.4 is 0 Å². The molecule has 0 amide bonds. The summed E-state index contributed by atoms with van der Waals surface area (Å²) in [6.07, 6.45) is 18.6. The zero-order chi connectivity index (χ0) is 27.6. The van der Waals surface area contributed by atoms with Crippen LogP contribution in [-0.2, 0) is 14.3 Å². The molecule has 216 valence electrons. The fraction of sp³-hybridized carbons (Fsp3) is 0.676. The highest BCUT2D eigenvalue weighted by atomic mass is 19.1. The molecule has 0 spiro atoms. The van der Waals surface area contributed by atoms with Crippen molar-refractivity contribution in [3.8, 4) is 0 Å². The number of esters is 1. The van der Waals surface area contributed by atoms with E-state index in [1.165, 1.54) is 63.4 Å². The van der Waals surface area contributed by atoms with E-state index in [9.17, 15) is 4.79 Å². The predicted octanol–water partition coefficient (Wildman–Crippen LogP) is 8.01. The van der Waals surface area contributed by atoms with Gasteiger partial charge in [-0.15, -0.1) is 6.58 Å². The molecule has 1 aromatic rings. The van der Waals surface area contributed by atoms with E-state index in [2.05, 4.69) is 25.3 Å². The lowest BCUT2D eigenvalue weighted by atomic mass is 9.69. The standard InChI is InChI=1S/C34H49FO4/c1-3-4-5-25-6-8-28(9-7-25)30-16-19-32(33(35)22-30)29-12-10-26(11-13-29)27-14-17-31(18-15-27)38-20-21-39-34(37)24(2)23-36/h3,16,19,22,25-29,31,36H,1-2,4-15,17-18,20-21,23H2. The van der Waals surface area contributed by atoms with E-state index in [1.807, 2.05) is 12.1 Å². The molecule has 0 saturated heterocycles. The molecule has 0 unspecified atom stereocenters. The van der Waals surface area contributed by atoms with Gasteiger partial charge in [0.15, 0.2) is 0 Å². The molecular weight excluding hydrogens is 491 g/mol. The summed E-state index contributed by atoms with van der Waals surface area (Å²) < 4.78 is 26.3. The van der Waals surface area contributed by atoms with Crippen molar-refractivity contribution in [2.45, 2.75) is 108 Å². The van der Waals surface area contributed by atoms with Crippen LogP contribution in [0.5, 0.6) is 0 Å². The molecule has 0 radical (unpaired) electrons. The van der Waals surface area contributed by atoms with Gasteiger partial charge in [-0.25, -0.2) is 9.18 Å². The summed E-state index contributed by atoms with van der Waals surface area (Å²) in [6, 6.07) is 6.20. The lowest BCUT2D eigenvalue weighted by Crippen LogP contribution is -2.29. The van der Waals surface area contributed by atoms with Gasteiger partial charge in [-0.1, -0.05) is 24.8 Å². The number of carbonyl (C=O) groups is 1. The number of hydrogen-bond acceptors (Lipinski definition) is 4. The zero-order valence-electron chi connectivity index (χ0n) is 23.8. The van der Waals surface area contributed by atoms with Crippen molar-refractivity contribution in [2.24, 2.45) is 17.8 Å². The number of allylic oxidation sites excluding steroid dienone is 1. The molecule has 3 aliphatic carbocycles. The third-order valence-corrected chi connectivity index (χ3v) is 9.87. The normalized spacial score (nSPS) is 29.5. The largest absolute Gasteiger partial charge is 0.460 e. The maximum Gasteiger partial charge on any atom is 0.335 e. The molecule has 0 aromatic heterocycles. The molecule has 4 rings (SSSR count). The number of aliphatic hydroxyl groups excluding tert-OH is 1. The fourth-order valence-corrected chi connectivity index (χ4v) is 7.41. The van der Waals surface area contributed by atoms with Crippen molar-refractivity contribution in [3.05, 3.63) is 60.0 Å². The summed E-state index contributed by atoms with van der Waals surface area (Å²) in [5, 5.41) is 8.91. The van der Waals surface area contributed by atoms with Crippen LogP contribution in [0.3, 0.4) is 0 Å².